The van der Waals surface area contributed by atoms with Crippen molar-refractivity contribution in [2.75, 3.05) is 11.9 Å². The summed E-state index contributed by atoms with van der Waals surface area (Å²) in [6, 6.07) is 13.4. The van der Waals surface area contributed by atoms with Gasteiger partial charge in [0.05, 0.1) is 11.9 Å². The zero-order valence-electron chi connectivity index (χ0n) is 16.4. The van der Waals surface area contributed by atoms with E-state index in [9.17, 15) is 4.79 Å². The summed E-state index contributed by atoms with van der Waals surface area (Å²) in [6.07, 6.45) is 0. The normalized spacial score (nSPS) is 11.9. The minimum atomic E-state index is -0.390. The Balaban J connectivity index is 1.62. The second-order valence-electron chi connectivity index (χ2n) is 6.46. The molecule has 1 atom stereocenters. The lowest BCUT2D eigenvalue weighted by atomic mass is 10.1. The molecule has 3 aromatic rings. The van der Waals surface area contributed by atoms with Crippen LogP contribution in [0.15, 0.2) is 52.1 Å². The van der Waals surface area contributed by atoms with Crippen LogP contribution in [0.4, 0.5) is 5.69 Å². The average molecular weight is 398 g/mol. The number of rotatable bonds is 7. The van der Waals surface area contributed by atoms with E-state index in [0.717, 1.165) is 22.4 Å². The van der Waals surface area contributed by atoms with Crippen LogP contribution in [0.2, 0.25) is 0 Å². The highest BCUT2D eigenvalue weighted by Crippen LogP contribution is 2.28. The van der Waals surface area contributed by atoms with Gasteiger partial charge in [-0.15, -0.1) is 10.2 Å². The van der Waals surface area contributed by atoms with Crippen LogP contribution in [-0.4, -0.2) is 28.0 Å². The van der Waals surface area contributed by atoms with E-state index >= 15 is 0 Å². The molecular formula is C21H23N3O3S. The molecule has 7 heteroatoms. The molecule has 0 fully saturated rings. The third kappa shape index (κ3) is 5.13. The van der Waals surface area contributed by atoms with Crippen molar-refractivity contribution in [2.24, 2.45) is 0 Å². The number of carbonyl (C=O) groups excluding carboxylic acids is 1. The third-order valence-corrected chi connectivity index (χ3v) is 4.89. The van der Waals surface area contributed by atoms with Gasteiger partial charge in [0.15, 0.2) is 0 Å². The van der Waals surface area contributed by atoms with Gasteiger partial charge in [-0.3, -0.25) is 4.79 Å². The molecule has 3 rings (SSSR count). The van der Waals surface area contributed by atoms with Crippen LogP contribution in [0.1, 0.15) is 25.0 Å². The van der Waals surface area contributed by atoms with Gasteiger partial charge in [-0.25, -0.2) is 0 Å². The van der Waals surface area contributed by atoms with Gasteiger partial charge in [0.2, 0.25) is 11.8 Å². The third-order valence-electron chi connectivity index (χ3n) is 3.95. The summed E-state index contributed by atoms with van der Waals surface area (Å²) in [6.45, 7) is 8.38. The van der Waals surface area contributed by atoms with E-state index in [1.165, 1.54) is 11.8 Å². The van der Waals surface area contributed by atoms with Gasteiger partial charge >= 0.3 is 0 Å². The highest BCUT2D eigenvalue weighted by Gasteiger charge is 2.19. The quantitative estimate of drug-likeness (QED) is 0.573. The molecule has 1 aromatic heterocycles. The number of thioether (sulfide) groups is 1. The number of aromatic nitrogens is 2. The van der Waals surface area contributed by atoms with Crippen LogP contribution in [0.25, 0.3) is 11.5 Å². The molecule has 0 aliphatic carbocycles. The predicted molar refractivity (Wildman–Crippen MR) is 111 cm³/mol. The molecular weight excluding hydrogens is 374 g/mol. The molecule has 0 aliphatic heterocycles. The van der Waals surface area contributed by atoms with E-state index < -0.39 is 0 Å². The molecule has 0 aliphatic rings. The van der Waals surface area contributed by atoms with Gasteiger partial charge in [0.25, 0.3) is 5.22 Å². The summed E-state index contributed by atoms with van der Waals surface area (Å²) in [4.78, 5) is 12.4. The van der Waals surface area contributed by atoms with Gasteiger partial charge in [0, 0.05) is 11.3 Å². The number of hydrogen-bond acceptors (Lipinski definition) is 6. The first-order chi connectivity index (χ1) is 13.4. The van der Waals surface area contributed by atoms with E-state index in [1.54, 1.807) is 6.92 Å². The molecule has 0 spiro atoms. The van der Waals surface area contributed by atoms with Gasteiger partial charge < -0.3 is 14.5 Å². The minimum absolute atomic E-state index is 0.139. The van der Waals surface area contributed by atoms with E-state index in [4.69, 9.17) is 9.15 Å². The minimum Gasteiger partial charge on any atom is -0.494 e. The number of nitrogens with one attached hydrogen (secondary N) is 1. The number of amides is 1. The molecule has 1 heterocycles. The first kappa shape index (κ1) is 19.9. The molecule has 1 N–H and O–H groups in total. The van der Waals surface area contributed by atoms with Crippen molar-refractivity contribution in [2.45, 2.75) is 38.2 Å². The van der Waals surface area contributed by atoms with Crippen molar-refractivity contribution in [1.82, 2.24) is 10.2 Å². The van der Waals surface area contributed by atoms with Crippen molar-refractivity contribution < 1.29 is 13.9 Å². The largest absolute Gasteiger partial charge is 0.494 e. The van der Waals surface area contributed by atoms with Gasteiger partial charge in [-0.1, -0.05) is 29.0 Å². The van der Waals surface area contributed by atoms with Crippen molar-refractivity contribution in [1.29, 1.82) is 0 Å². The number of ether oxygens (including phenoxy) is 1. The molecule has 0 saturated heterocycles. The Morgan fingerprint density at radius 2 is 1.82 bits per heavy atom. The maximum atomic E-state index is 12.4. The Labute approximate surface area is 168 Å². The van der Waals surface area contributed by atoms with Crippen molar-refractivity contribution >= 4 is 23.4 Å². The predicted octanol–water partition coefficient (Wildman–Crippen LogP) is 4.87. The van der Waals surface area contributed by atoms with Gasteiger partial charge in [0.1, 0.15) is 5.75 Å². The summed E-state index contributed by atoms with van der Waals surface area (Å²) < 4.78 is 11.1. The standard InChI is InChI=1S/C21H23N3O3S/c1-5-26-18-8-6-17(7-9-18)22-19(25)15(4)28-21-24-23-20(27-21)16-11-13(2)10-14(3)12-16/h6-12,15H,5H2,1-4H3,(H,22,25). The lowest BCUT2D eigenvalue weighted by Gasteiger charge is -2.10. The Morgan fingerprint density at radius 3 is 2.46 bits per heavy atom. The van der Waals surface area contributed by atoms with Crippen LogP contribution in [-0.2, 0) is 4.79 Å². The number of carbonyl (C=O) groups is 1. The summed E-state index contributed by atoms with van der Waals surface area (Å²) in [5.41, 5.74) is 3.85. The highest BCUT2D eigenvalue weighted by atomic mass is 32.2. The summed E-state index contributed by atoms with van der Waals surface area (Å²) in [5, 5.41) is 11.0. The number of anilines is 1. The monoisotopic (exact) mass is 397 g/mol. The molecule has 0 saturated carbocycles. The first-order valence-corrected chi connectivity index (χ1v) is 9.95. The Kier molecular flexibility index (Phi) is 6.36. The zero-order valence-corrected chi connectivity index (χ0v) is 17.2. The Morgan fingerprint density at radius 1 is 1.14 bits per heavy atom. The fraction of sp³-hybridized carbons (Fsp3) is 0.286. The highest BCUT2D eigenvalue weighted by molar-refractivity contribution is 8.00. The Bertz CT molecular complexity index is 934. The Hall–Kier alpha value is -2.80. The SMILES string of the molecule is CCOc1ccc(NC(=O)C(C)Sc2nnc(-c3cc(C)cc(C)c3)o2)cc1. The average Bonchev–Trinajstić information content (AvgIpc) is 3.11. The van der Waals surface area contributed by atoms with Crippen molar-refractivity contribution in [3.05, 3.63) is 53.6 Å². The van der Waals surface area contributed by atoms with Crippen molar-refractivity contribution in [3.63, 3.8) is 0 Å². The molecule has 1 unspecified atom stereocenters. The fourth-order valence-corrected chi connectivity index (χ4v) is 3.41. The molecule has 6 nitrogen and oxygen atoms in total. The van der Waals surface area contributed by atoms with Crippen LogP contribution < -0.4 is 10.1 Å². The first-order valence-electron chi connectivity index (χ1n) is 9.07. The maximum Gasteiger partial charge on any atom is 0.277 e. The van der Waals surface area contributed by atoms with Crippen LogP contribution >= 0.6 is 11.8 Å². The second-order valence-corrected chi connectivity index (χ2v) is 7.75. The van der Waals surface area contributed by atoms with Crippen LogP contribution in [0.5, 0.6) is 5.75 Å². The molecule has 28 heavy (non-hydrogen) atoms. The van der Waals surface area contributed by atoms with E-state index in [2.05, 4.69) is 21.6 Å². The molecule has 146 valence electrons. The lowest BCUT2D eigenvalue weighted by Crippen LogP contribution is -2.22. The van der Waals surface area contributed by atoms with Gasteiger partial charge in [-0.2, -0.15) is 0 Å². The van der Waals surface area contributed by atoms with E-state index in [0.29, 0.717) is 23.4 Å². The van der Waals surface area contributed by atoms with E-state index in [-0.39, 0.29) is 11.2 Å². The van der Waals surface area contributed by atoms with Crippen LogP contribution in [0, 0.1) is 13.8 Å². The molecule has 0 radical (unpaired) electrons. The summed E-state index contributed by atoms with van der Waals surface area (Å²) in [5.74, 6) is 1.08. The number of benzene rings is 2. The van der Waals surface area contributed by atoms with Crippen molar-refractivity contribution in [3.8, 4) is 17.2 Å². The van der Waals surface area contributed by atoms with Gasteiger partial charge in [-0.05, 0) is 64.1 Å². The maximum absolute atomic E-state index is 12.4. The second kappa shape index (κ2) is 8.93. The van der Waals surface area contributed by atoms with Crippen LogP contribution in [0.3, 0.4) is 0 Å². The number of aryl methyl sites for hydroxylation is 2. The number of hydrogen-bond donors (Lipinski definition) is 1. The number of nitrogens with zero attached hydrogens (tertiary/aromatic N) is 2. The topological polar surface area (TPSA) is 77.2 Å². The molecule has 2 aromatic carbocycles. The zero-order chi connectivity index (χ0) is 20.1. The lowest BCUT2D eigenvalue weighted by molar-refractivity contribution is -0.115. The molecule has 0 bridgehead atoms. The summed E-state index contributed by atoms with van der Waals surface area (Å²) >= 11 is 1.23. The fourth-order valence-electron chi connectivity index (χ4n) is 2.72. The summed E-state index contributed by atoms with van der Waals surface area (Å²) in [7, 11) is 0. The van der Waals surface area contributed by atoms with E-state index in [1.807, 2.05) is 57.2 Å². The smallest absolute Gasteiger partial charge is 0.277 e. The molecule has 1 amide bonds.